The van der Waals surface area contributed by atoms with Crippen LogP contribution >= 0.6 is 23.2 Å². The maximum atomic E-state index is 12.8. The van der Waals surface area contributed by atoms with E-state index in [2.05, 4.69) is 5.10 Å². The maximum absolute atomic E-state index is 12.8. The van der Waals surface area contributed by atoms with Crippen molar-refractivity contribution in [2.24, 2.45) is 5.10 Å². The summed E-state index contributed by atoms with van der Waals surface area (Å²) in [6, 6.07) is 10.4. The van der Waals surface area contributed by atoms with Gasteiger partial charge in [-0.1, -0.05) is 23.2 Å². The zero-order valence-electron chi connectivity index (χ0n) is 14.4. The fourth-order valence-corrected chi connectivity index (χ4v) is 3.05. The number of nitrogens with zero attached hydrogens (tertiary/aromatic N) is 2. The van der Waals surface area contributed by atoms with E-state index in [-0.39, 0.29) is 5.91 Å². The van der Waals surface area contributed by atoms with Crippen LogP contribution in [0.3, 0.4) is 0 Å². The molecule has 1 aliphatic rings. The molecule has 0 atom stereocenters. The second-order valence-corrected chi connectivity index (χ2v) is 6.42. The Morgan fingerprint density at radius 3 is 2.38 bits per heavy atom. The third kappa shape index (κ3) is 3.41. The first kappa shape index (κ1) is 18.3. The van der Waals surface area contributed by atoms with Gasteiger partial charge in [-0.25, -0.2) is 0 Å². The number of rotatable bonds is 4. The summed E-state index contributed by atoms with van der Waals surface area (Å²) in [7, 11) is 3.05. The van der Waals surface area contributed by atoms with Gasteiger partial charge in [-0.2, -0.15) is 10.1 Å². The zero-order valence-corrected chi connectivity index (χ0v) is 15.9. The van der Waals surface area contributed by atoms with Crippen LogP contribution in [-0.4, -0.2) is 25.8 Å². The summed E-state index contributed by atoms with van der Waals surface area (Å²) in [6.45, 7) is 1.78. The van der Waals surface area contributed by atoms with E-state index in [4.69, 9.17) is 32.7 Å². The molecule has 0 bridgehead atoms. The summed E-state index contributed by atoms with van der Waals surface area (Å²) in [5, 5.41) is 6.68. The Balaban J connectivity index is 1.97. The summed E-state index contributed by atoms with van der Waals surface area (Å²) in [5.41, 5.74) is 2.44. The van der Waals surface area contributed by atoms with E-state index in [1.807, 2.05) is 0 Å². The number of methoxy groups -OCH3 is 2. The molecule has 3 rings (SSSR count). The fourth-order valence-electron chi connectivity index (χ4n) is 2.63. The first-order valence-corrected chi connectivity index (χ1v) is 8.49. The lowest BCUT2D eigenvalue weighted by Gasteiger charge is -2.12. The standard InChI is InChI=1S/C19H16Cl2N2O3/c1-11-15(8-12-9-16(21)18(26-3)17(10-12)25-2)19(24)23(22-11)14-6-4-13(20)5-7-14/h4-10H,1-3H3. The highest BCUT2D eigenvalue weighted by molar-refractivity contribution is 6.34. The first-order chi connectivity index (χ1) is 12.4. The summed E-state index contributed by atoms with van der Waals surface area (Å²) in [5.74, 6) is 0.708. The van der Waals surface area contributed by atoms with Crippen molar-refractivity contribution in [2.75, 3.05) is 19.2 Å². The minimum absolute atomic E-state index is 0.226. The van der Waals surface area contributed by atoms with Gasteiger partial charge in [-0.3, -0.25) is 4.79 Å². The quantitative estimate of drug-likeness (QED) is 0.703. The molecule has 0 fully saturated rings. The van der Waals surface area contributed by atoms with Crippen molar-refractivity contribution in [3.63, 3.8) is 0 Å². The number of hydrazone groups is 1. The fraction of sp³-hybridized carbons (Fsp3) is 0.158. The molecular weight excluding hydrogens is 375 g/mol. The lowest BCUT2D eigenvalue weighted by Crippen LogP contribution is -2.21. The molecule has 1 amide bonds. The van der Waals surface area contributed by atoms with Crippen LogP contribution in [0.4, 0.5) is 5.69 Å². The molecule has 0 aliphatic carbocycles. The summed E-state index contributed by atoms with van der Waals surface area (Å²) in [6.07, 6.45) is 1.73. The molecule has 0 aromatic heterocycles. The molecule has 2 aromatic carbocycles. The minimum atomic E-state index is -0.226. The van der Waals surface area contributed by atoms with Crippen LogP contribution in [-0.2, 0) is 4.79 Å². The number of carbonyl (C=O) groups excluding carboxylic acids is 1. The normalized spacial score (nSPS) is 15.4. The summed E-state index contributed by atoms with van der Waals surface area (Å²) >= 11 is 12.1. The van der Waals surface area contributed by atoms with E-state index < -0.39 is 0 Å². The average molecular weight is 391 g/mol. The van der Waals surface area contributed by atoms with Gasteiger partial charge >= 0.3 is 0 Å². The van der Waals surface area contributed by atoms with Crippen molar-refractivity contribution in [3.05, 3.63) is 57.6 Å². The topological polar surface area (TPSA) is 51.1 Å². The van der Waals surface area contributed by atoms with Gasteiger partial charge in [0.1, 0.15) is 0 Å². The molecule has 2 aromatic rings. The monoisotopic (exact) mass is 390 g/mol. The van der Waals surface area contributed by atoms with Crippen LogP contribution in [0.5, 0.6) is 11.5 Å². The number of amides is 1. The molecular formula is C19H16Cl2N2O3. The molecule has 134 valence electrons. The van der Waals surface area contributed by atoms with Crippen LogP contribution in [0.1, 0.15) is 12.5 Å². The largest absolute Gasteiger partial charge is 0.493 e. The Morgan fingerprint density at radius 1 is 1.08 bits per heavy atom. The number of halogens is 2. The van der Waals surface area contributed by atoms with Gasteiger partial charge in [-0.05, 0) is 55.0 Å². The van der Waals surface area contributed by atoms with Gasteiger partial charge in [0.15, 0.2) is 11.5 Å². The first-order valence-electron chi connectivity index (χ1n) is 7.73. The van der Waals surface area contributed by atoms with E-state index in [0.717, 1.165) is 0 Å². The van der Waals surface area contributed by atoms with E-state index in [1.54, 1.807) is 49.4 Å². The number of carbonyl (C=O) groups is 1. The third-order valence-corrected chi connectivity index (χ3v) is 4.43. The predicted octanol–water partition coefficient (Wildman–Crippen LogP) is 4.82. The SMILES string of the molecule is COc1cc(C=C2C(=O)N(c3ccc(Cl)cc3)N=C2C)cc(Cl)c1OC. The van der Waals surface area contributed by atoms with Crippen molar-refractivity contribution in [1.82, 2.24) is 0 Å². The van der Waals surface area contributed by atoms with E-state index in [9.17, 15) is 4.79 Å². The Kier molecular flexibility index (Phi) is 5.20. The Hall–Kier alpha value is -2.50. The van der Waals surface area contributed by atoms with E-state index >= 15 is 0 Å². The molecule has 0 spiro atoms. The number of ether oxygens (including phenoxy) is 2. The second-order valence-electron chi connectivity index (χ2n) is 5.58. The van der Waals surface area contributed by atoms with Crippen LogP contribution in [0.25, 0.3) is 6.08 Å². The Bertz CT molecular complexity index is 921. The molecule has 26 heavy (non-hydrogen) atoms. The smallest absolute Gasteiger partial charge is 0.280 e. The number of anilines is 1. The maximum Gasteiger partial charge on any atom is 0.280 e. The highest BCUT2D eigenvalue weighted by Gasteiger charge is 2.28. The van der Waals surface area contributed by atoms with Crippen molar-refractivity contribution < 1.29 is 14.3 Å². The molecule has 0 radical (unpaired) electrons. The predicted molar refractivity (Wildman–Crippen MR) is 105 cm³/mol. The number of hydrogen-bond acceptors (Lipinski definition) is 4. The van der Waals surface area contributed by atoms with E-state index in [0.29, 0.717) is 44.1 Å². The Labute approximate surface area is 161 Å². The minimum Gasteiger partial charge on any atom is -0.493 e. The number of hydrogen-bond donors (Lipinski definition) is 0. The molecule has 1 aliphatic heterocycles. The van der Waals surface area contributed by atoms with Crippen LogP contribution in [0, 0.1) is 0 Å². The van der Waals surface area contributed by atoms with Crippen molar-refractivity contribution in [3.8, 4) is 11.5 Å². The van der Waals surface area contributed by atoms with Crippen molar-refractivity contribution in [2.45, 2.75) is 6.92 Å². The summed E-state index contributed by atoms with van der Waals surface area (Å²) in [4.78, 5) is 12.8. The molecule has 0 unspecified atom stereocenters. The van der Waals surface area contributed by atoms with Crippen molar-refractivity contribution >= 4 is 46.6 Å². The van der Waals surface area contributed by atoms with Gasteiger partial charge in [0.25, 0.3) is 5.91 Å². The highest BCUT2D eigenvalue weighted by atomic mass is 35.5. The second kappa shape index (κ2) is 7.40. The van der Waals surface area contributed by atoms with E-state index in [1.165, 1.54) is 19.2 Å². The molecule has 5 nitrogen and oxygen atoms in total. The van der Waals surface area contributed by atoms with Crippen LogP contribution in [0.15, 0.2) is 47.1 Å². The Morgan fingerprint density at radius 2 is 1.77 bits per heavy atom. The molecule has 7 heteroatoms. The van der Waals surface area contributed by atoms with Crippen LogP contribution < -0.4 is 14.5 Å². The highest BCUT2D eigenvalue weighted by Crippen LogP contribution is 2.37. The summed E-state index contributed by atoms with van der Waals surface area (Å²) < 4.78 is 10.5. The average Bonchev–Trinajstić information content (AvgIpc) is 2.90. The molecule has 0 saturated heterocycles. The zero-order chi connectivity index (χ0) is 18.8. The lowest BCUT2D eigenvalue weighted by atomic mass is 10.1. The van der Waals surface area contributed by atoms with Gasteiger partial charge in [0, 0.05) is 5.02 Å². The molecule has 0 N–H and O–H groups in total. The van der Waals surface area contributed by atoms with Gasteiger partial charge < -0.3 is 9.47 Å². The van der Waals surface area contributed by atoms with Gasteiger partial charge in [0.2, 0.25) is 0 Å². The lowest BCUT2D eigenvalue weighted by molar-refractivity contribution is -0.114. The molecule has 0 saturated carbocycles. The van der Waals surface area contributed by atoms with Gasteiger partial charge in [0.05, 0.1) is 36.2 Å². The third-order valence-electron chi connectivity index (χ3n) is 3.90. The van der Waals surface area contributed by atoms with Crippen LogP contribution in [0.2, 0.25) is 10.0 Å². The molecule has 1 heterocycles. The van der Waals surface area contributed by atoms with Gasteiger partial charge in [-0.15, -0.1) is 0 Å². The van der Waals surface area contributed by atoms with Crippen molar-refractivity contribution in [1.29, 1.82) is 0 Å². The number of benzene rings is 2.